The van der Waals surface area contributed by atoms with Crippen LogP contribution >= 0.6 is 11.6 Å². The van der Waals surface area contributed by atoms with Gasteiger partial charge in [-0.15, -0.1) is 13.2 Å². The van der Waals surface area contributed by atoms with Crippen LogP contribution in [0.15, 0.2) is 18.2 Å². The molecule has 0 heterocycles. The molecule has 0 amide bonds. The van der Waals surface area contributed by atoms with Crippen LogP contribution in [0.25, 0.3) is 0 Å². The molecule has 0 saturated carbocycles. The molecule has 1 rings (SSSR count). The number of carbonyl (C=O) groups excluding carboxylic acids is 1. The lowest BCUT2D eigenvalue weighted by Gasteiger charge is -2.10. The number of ether oxygens (including phenoxy) is 1. The van der Waals surface area contributed by atoms with Crippen LogP contribution in [0.2, 0.25) is 5.02 Å². The van der Waals surface area contributed by atoms with Gasteiger partial charge >= 0.3 is 6.36 Å². The standard InChI is InChI=1S/C8H4ClF3O2/c9-7-5(4-13)2-1-3-6(7)14-8(10,11)12/h1-4H. The Labute approximate surface area is 82.2 Å². The molecule has 1 aromatic carbocycles. The summed E-state index contributed by atoms with van der Waals surface area (Å²) >= 11 is 5.46. The van der Waals surface area contributed by atoms with Crippen molar-refractivity contribution in [2.75, 3.05) is 0 Å². The molecule has 14 heavy (non-hydrogen) atoms. The van der Waals surface area contributed by atoms with Gasteiger partial charge in [-0.1, -0.05) is 17.7 Å². The van der Waals surface area contributed by atoms with E-state index >= 15 is 0 Å². The third-order valence-electron chi connectivity index (χ3n) is 1.35. The molecule has 0 radical (unpaired) electrons. The van der Waals surface area contributed by atoms with Crippen molar-refractivity contribution in [3.8, 4) is 5.75 Å². The molecule has 0 fully saturated rings. The molecule has 76 valence electrons. The molecule has 0 bridgehead atoms. The fourth-order valence-corrected chi connectivity index (χ4v) is 1.03. The number of rotatable bonds is 2. The lowest BCUT2D eigenvalue weighted by atomic mass is 10.2. The van der Waals surface area contributed by atoms with E-state index in [1.54, 1.807) is 0 Å². The largest absolute Gasteiger partial charge is 0.573 e. The Balaban J connectivity index is 3.04. The third-order valence-corrected chi connectivity index (χ3v) is 1.75. The fourth-order valence-electron chi connectivity index (χ4n) is 0.822. The number of alkyl halides is 3. The molecule has 0 aliphatic heterocycles. The SMILES string of the molecule is O=Cc1cccc(OC(F)(F)F)c1Cl. The van der Waals surface area contributed by atoms with Crippen molar-refractivity contribution in [1.29, 1.82) is 0 Å². The lowest BCUT2D eigenvalue weighted by Crippen LogP contribution is -2.17. The van der Waals surface area contributed by atoms with E-state index in [0.717, 1.165) is 6.07 Å². The minimum atomic E-state index is -4.81. The van der Waals surface area contributed by atoms with E-state index in [4.69, 9.17) is 11.6 Å². The van der Waals surface area contributed by atoms with Crippen LogP contribution in [0.5, 0.6) is 5.75 Å². The summed E-state index contributed by atoms with van der Waals surface area (Å²) in [5.74, 6) is -0.580. The van der Waals surface area contributed by atoms with Gasteiger partial charge in [0.05, 0.1) is 5.02 Å². The predicted octanol–water partition coefficient (Wildman–Crippen LogP) is 3.05. The maximum atomic E-state index is 11.8. The minimum Gasteiger partial charge on any atom is -0.404 e. The second kappa shape index (κ2) is 3.88. The highest BCUT2D eigenvalue weighted by molar-refractivity contribution is 6.34. The normalized spacial score (nSPS) is 11.1. The molecule has 0 N–H and O–H groups in total. The molecule has 0 saturated heterocycles. The van der Waals surface area contributed by atoms with Crippen molar-refractivity contribution < 1.29 is 22.7 Å². The van der Waals surface area contributed by atoms with Crippen molar-refractivity contribution in [1.82, 2.24) is 0 Å². The van der Waals surface area contributed by atoms with Crippen molar-refractivity contribution in [3.05, 3.63) is 28.8 Å². The van der Waals surface area contributed by atoms with Crippen LogP contribution in [0.1, 0.15) is 10.4 Å². The smallest absolute Gasteiger partial charge is 0.404 e. The second-order valence-corrected chi connectivity index (χ2v) is 2.70. The third kappa shape index (κ3) is 2.63. The summed E-state index contributed by atoms with van der Waals surface area (Å²) in [7, 11) is 0. The highest BCUT2D eigenvalue weighted by Crippen LogP contribution is 2.31. The molecule has 2 nitrogen and oxygen atoms in total. The quantitative estimate of drug-likeness (QED) is 0.722. The van der Waals surface area contributed by atoms with E-state index < -0.39 is 12.1 Å². The Kier molecular flexibility index (Phi) is 3.00. The van der Waals surface area contributed by atoms with Gasteiger partial charge in [0, 0.05) is 5.56 Å². The molecule has 1 aromatic rings. The first-order valence-electron chi connectivity index (χ1n) is 3.43. The number of halogens is 4. The second-order valence-electron chi connectivity index (χ2n) is 2.33. The number of aldehydes is 1. The average molecular weight is 225 g/mol. The van der Waals surface area contributed by atoms with Crippen molar-refractivity contribution in [3.63, 3.8) is 0 Å². The number of hydrogen-bond donors (Lipinski definition) is 0. The van der Waals surface area contributed by atoms with Crippen LogP contribution < -0.4 is 4.74 Å². The van der Waals surface area contributed by atoms with E-state index in [0.29, 0.717) is 6.29 Å². The lowest BCUT2D eigenvalue weighted by molar-refractivity contribution is -0.274. The molecular formula is C8H4ClF3O2. The zero-order valence-electron chi connectivity index (χ0n) is 6.64. The maximum absolute atomic E-state index is 11.8. The first-order chi connectivity index (χ1) is 6.44. The van der Waals surface area contributed by atoms with Crippen LogP contribution in [-0.4, -0.2) is 12.6 Å². The van der Waals surface area contributed by atoms with E-state index in [2.05, 4.69) is 4.74 Å². The topological polar surface area (TPSA) is 26.3 Å². The maximum Gasteiger partial charge on any atom is 0.573 e. The zero-order chi connectivity index (χ0) is 10.8. The van der Waals surface area contributed by atoms with Crippen LogP contribution in [0.3, 0.4) is 0 Å². The summed E-state index contributed by atoms with van der Waals surface area (Å²) in [5.41, 5.74) is -0.0478. The molecule has 0 unspecified atom stereocenters. The predicted molar refractivity (Wildman–Crippen MR) is 43.5 cm³/mol. The van der Waals surface area contributed by atoms with Crippen molar-refractivity contribution in [2.24, 2.45) is 0 Å². The first-order valence-corrected chi connectivity index (χ1v) is 3.81. The van der Waals surface area contributed by atoms with Crippen LogP contribution in [-0.2, 0) is 0 Å². The highest BCUT2D eigenvalue weighted by atomic mass is 35.5. The zero-order valence-corrected chi connectivity index (χ0v) is 7.39. The molecule has 0 spiro atoms. The molecular weight excluding hydrogens is 221 g/mol. The van der Waals surface area contributed by atoms with E-state index in [-0.39, 0.29) is 10.6 Å². The number of hydrogen-bond acceptors (Lipinski definition) is 2. The Morgan fingerprint density at radius 2 is 2.00 bits per heavy atom. The summed E-state index contributed by atoms with van der Waals surface area (Å²) in [6, 6.07) is 3.57. The number of benzene rings is 1. The Morgan fingerprint density at radius 1 is 1.36 bits per heavy atom. The molecule has 0 aliphatic rings. The van der Waals surface area contributed by atoms with Gasteiger partial charge in [-0.2, -0.15) is 0 Å². The fraction of sp³-hybridized carbons (Fsp3) is 0.125. The average Bonchev–Trinajstić information content (AvgIpc) is 2.06. The summed E-state index contributed by atoms with van der Waals surface area (Å²) in [6.07, 6.45) is -4.46. The van der Waals surface area contributed by atoms with Crippen molar-refractivity contribution in [2.45, 2.75) is 6.36 Å². The van der Waals surface area contributed by atoms with Gasteiger partial charge in [-0.3, -0.25) is 4.79 Å². The van der Waals surface area contributed by atoms with E-state index in [1.807, 2.05) is 0 Å². The monoisotopic (exact) mass is 224 g/mol. The molecule has 0 aliphatic carbocycles. The Hall–Kier alpha value is -1.23. The van der Waals surface area contributed by atoms with Gasteiger partial charge in [-0.25, -0.2) is 0 Å². The van der Waals surface area contributed by atoms with Gasteiger partial charge in [-0.05, 0) is 12.1 Å². The summed E-state index contributed by atoms with van der Waals surface area (Å²) in [6.45, 7) is 0. The van der Waals surface area contributed by atoms with E-state index in [9.17, 15) is 18.0 Å². The van der Waals surface area contributed by atoms with E-state index in [1.165, 1.54) is 12.1 Å². The van der Waals surface area contributed by atoms with Gasteiger partial charge in [0.25, 0.3) is 0 Å². The van der Waals surface area contributed by atoms with Crippen LogP contribution in [0, 0.1) is 0 Å². The Bertz CT molecular complexity index is 349. The van der Waals surface area contributed by atoms with Gasteiger partial charge in [0.2, 0.25) is 0 Å². The van der Waals surface area contributed by atoms with Crippen molar-refractivity contribution >= 4 is 17.9 Å². The molecule has 6 heteroatoms. The first kappa shape index (κ1) is 10.8. The minimum absolute atomic E-state index is 0.0478. The summed E-state index contributed by atoms with van der Waals surface area (Å²) < 4.78 is 38.9. The van der Waals surface area contributed by atoms with Gasteiger partial charge in [0.1, 0.15) is 5.75 Å². The molecule has 0 atom stereocenters. The van der Waals surface area contributed by atoms with Gasteiger partial charge in [0.15, 0.2) is 6.29 Å². The summed E-state index contributed by atoms with van der Waals surface area (Å²) in [5, 5.41) is -0.347. The van der Waals surface area contributed by atoms with Gasteiger partial charge < -0.3 is 4.74 Å². The number of carbonyl (C=O) groups is 1. The molecule has 0 aromatic heterocycles. The Morgan fingerprint density at radius 3 is 2.50 bits per heavy atom. The summed E-state index contributed by atoms with van der Waals surface area (Å²) in [4.78, 5) is 10.3. The van der Waals surface area contributed by atoms with Crippen LogP contribution in [0.4, 0.5) is 13.2 Å². The highest BCUT2D eigenvalue weighted by Gasteiger charge is 2.32.